The predicted octanol–water partition coefficient (Wildman–Crippen LogP) is 1.28. The summed E-state index contributed by atoms with van der Waals surface area (Å²) in [5.74, 6) is 0. The van der Waals surface area contributed by atoms with Gasteiger partial charge in [0.05, 0.1) is 0 Å². The number of nitrogens with two attached hydrogens (primary N) is 1. The molecule has 4 N–H and O–H groups in total. The summed E-state index contributed by atoms with van der Waals surface area (Å²) in [5, 5.41) is 17.3. The average Bonchev–Trinajstić information content (AvgIpc) is 2.01. The number of hydrogen-bond donors (Lipinski definition) is 3. The van der Waals surface area contributed by atoms with Gasteiger partial charge < -0.3 is 15.9 Å². The summed E-state index contributed by atoms with van der Waals surface area (Å²) in [5.41, 5.74) is 5.38. The molecule has 0 bridgehead atoms. The van der Waals surface area contributed by atoms with Crippen molar-refractivity contribution < 1.29 is 10.2 Å². The molecule has 0 heterocycles. The first-order valence-corrected chi connectivity index (χ1v) is 5.04. The molecule has 0 saturated heterocycles. The van der Waals surface area contributed by atoms with Crippen molar-refractivity contribution in [1.29, 1.82) is 0 Å². The summed E-state index contributed by atoms with van der Waals surface area (Å²) in [7, 11) is 0. The third-order valence-electron chi connectivity index (χ3n) is 1.40. The minimum atomic E-state index is -1.10. The molecule has 0 aliphatic heterocycles. The van der Waals surface area contributed by atoms with E-state index in [0.717, 1.165) is 5.56 Å². The summed E-state index contributed by atoms with van der Waals surface area (Å²) in [4.78, 5) is 0. The monoisotopic (exact) mass is 211 g/mol. The molecule has 1 atom stereocenters. The van der Waals surface area contributed by atoms with Gasteiger partial charge in [-0.05, 0) is 26.3 Å². The Hall–Kier alpha value is -0.900. The van der Waals surface area contributed by atoms with Gasteiger partial charge in [0.15, 0.2) is 0 Å². The molecule has 0 spiro atoms. The molecule has 0 amide bonds. The molecule has 15 heavy (non-hydrogen) atoms. The quantitative estimate of drug-likeness (QED) is 0.646. The van der Waals surface area contributed by atoms with Crippen LogP contribution >= 0.6 is 0 Å². The Morgan fingerprint density at radius 3 is 2.00 bits per heavy atom. The van der Waals surface area contributed by atoms with E-state index in [1.807, 2.05) is 30.3 Å². The maximum Gasteiger partial charge on any atom is 0.114 e. The normalized spacial score (nSPS) is 14.1. The Balaban J connectivity index is 0.000000423. The first-order valence-electron chi connectivity index (χ1n) is 5.04. The fourth-order valence-corrected chi connectivity index (χ4v) is 1.01. The van der Waals surface area contributed by atoms with E-state index in [1.54, 1.807) is 20.8 Å². The third-order valence-corrected chi connectivity index (χ3v) is 1.40. The van der Waals surface area contributed by atoms with Gasteiger partial charge in [-0.1, -0.05) is 30.3 Å². The number of hydrogen-bond acceptors (Lipinski definition) is 3. The largest absolute Gasteiger partial charge is 0.394 e. The zero-order valence-corrected chi connectivity index (χ0v) is 9.64. The molecule has 1 rings (SSSR count). The first kappa shape index (κ1) is 14.1. The van der Waals surface area contributed by atoms with Gasteiger partial charge in [0.25, 0.3) is 0 Å². The number of aliphatic hydroxyl groups is 2. The van der Waals surface area contributed by atoms with Gasteiger partial charge in [-0.25, -0.2) is 0 Å². The molecular formula is C12H21NO2. The van der Waals surface area contributed by atoms with Crippen molar-refractivity contribution in [3.63, 3.8) is 0 Å². The van der Waals surface area contributed by atoms with E-state index >= 15 is 0 Å². The zero-order chi connectivity index (χ0) is 11.9. The Kier molecular flexibility index (Phi) is 6.17. The van der Waals surface area contributed by atoms with E-state index in [-0.39, 0.29) is 6.10 Å². The highest BCUT2D eigenvalue weighted by molar-refractivity contribution is 5.16. The number of rotatable bonds is 2. The minimum Gasteiger partial charge on any atom is -0.394 e. The van der Waals surface area contributed by atoms with Crippen LogP contribution in [0.2, 0.25) is 0 Å². The van der Waals surface area contributed by atoms with Gasteiger partial charge in [-0.3, -0.25) is 0 Å². The van der Waals surface area contributed by atoms with Gasteiger partial charge in [-0.15, -0.1) is 0 Å². The Bertz CT molecular complexity index is 249. The van der Waals surface area contributed by atoms with Crippen LogP contribution in [0.25, 0.3) is 0 Å². The summed E-state index contributed by atoms with van der Waals surface area (Å²) in [6.07, 6.45) is 0.327. The Labute approximate surface area is 91.6 Å². The highest BCUT2D eigenvalue weighted by Crippen LogP contribution is 2.06. The fraction of sp³-hybridized carbons (Fsp3) is 0.500. The lowest BCUT2D eigenvalue weighted by atomic mass is 10.1. The van der Waals surface area contributed by atoms with Crippen molar-refractivity contribution in [1.82, 2.24) is 0 Å². The summed E-state index contributed by atoms with van der Waals surface area (Å²) in [6, 6.07) is 9.69. The van der Waals surface area contributed by atoms with E-state index in [2.05, 4.69) is 0 Å². The molecule has 3 heteroatoms. The maximum atomic E-state index is 9.25. The van der Waals surface area contributed by atoms with Crippen LogP contribution in [0.15, 0.2) is 30.3 Å². The second-order valence-corrected chi connectivity index (χ2v) is 4.11. The third kappa shape index (κ3) is 11.0. The zero-order valence-electron chi connectivity index (χ0n) is 9.64. The predicted molar refractivity (Wildman–Crippen MR) is 62.3 cm³/mol. The van der Waals surface area contributed by atoms with E-state index in [4.69, 9.17) is 10.8 Å². The van der Waals surface area contributed by atoms with Gasteiger partial charge in [-0.2, -0.15) is 0 Å². The standard InChI is InChI=1S/C9H13NO.C3H8O/c1-9(10,11)7-8-5-3-2-4-6-8;1-3(2)4/h2-6,11H,7,10H2,1H3;3-4H,1-2H3. The highest BCUT2D eigenvalue weighted by atomic mass is 16.3. The van der Waals surface area contributed by atoms with Crippen molar-refractivity contribution in [3.8, 4) is 0 Å². The first-order chi connectivity index (χ1) is 6.81. The van der Waals surface area contributed by atoms with Crippen LogP contribution in [0.5, 0.6) is 0 Å². The summed E-state index contributed by atoms with van der Waals surface area (Å²) in [6.45, 7) is 5.04. The van der Waals surface area contributed by atoms with Crippen LogP contribution in [-0.4, -0.2) is 22.0 Å². The molecule has 0 aliphatic carbocycles. The van der Waals surface area contributed by atoms with Gasteiger partial charge in [0, 0.05) is 12.5 Å². The van der Waals surface area contributed by atoms with E-state index in [9.17, 15) is 5.11 Å². The van der Waals surface area contributed by atoms with E-state index in [1.165, 1.54) is 0 Å². The molecule has 0 aromatic heterocycles. The maximum absolute atomic E-state index is 9.25. The van der Waals surface area contributed by atoms with Crippen LogP contribution in [0.4, 0.5) is 0 Å². The number of benzene rings is 1. The van der Waals surface area contributed by atoms with Crippen molar-refractivity contribution in [2.24, 2.45) is 5.73 Å². The molecule has 0 fully saturated rings. The van der Waals surface area contributed by atoms with Gasteiger partial charge in [0.2, 0.25) is 0 Å². The smallest absolute Gasteiger partial charge is 0.114 e. The molecule has 1 aromatic rings. The van der Waals surface area contributed by atoms with Crippen molar-refractivity contribution in [2.75, 3.05) is 0 Å². The lowest BCUT2D eigenvalue weighted by Crippen LogP contribution is -2.37. The van der Waals surface area contributed by atoms with Crippen molar-refractivity contribution >= 4 is 0 Å². The fourth-order valence-electron chi connectivity index (χ4n) is 1.01. The highest BCUT2D eigenvalue weighted by Gasteiger charge is 2.12. The van der Waals surface area contributed by atoms with Crippen molar-refractivity contribution in [3.05, 3.63) is 35.9 Å². The minimum absolute atomic E-state index is 0.167. The Morgan fingerprint density at radius 1 is 1.27 bits per heavy atom. The van der Waals surface area contributed by atoms with Crippen LogP contribution < -0.4 is 5.73 Å². The van der Waals surface area contributed by atoms with Gasteiger partial charge in [0.1, 0.15) is 5.72 Å². The Morgan fingerprint density at radius 2 is 1.67 bits per heavy atom. The molecule has 1 unspecified atom stereocenters. The van der Waals surface area contributed by atoms with E-state index < -0.39 is 5.72 Å². The molecule has 1 aromatic carbocycles. The molecule has 86 valence electrons. The van der Waals surface area contributed by atoms with Crippen LogP contribution in [0.1, 0.15) is 26.3 Å². The second-order valence-electron chi connectivity index (χ2n) is 4.11. The lowest BCUT2D eigenvalue weighted by Gasteiger charge is -2.16. The summed E-state index contributed by atoms with van der Waals surface area (Å²) < 4.78 is 0. The molecule has 3 nitrogen and oxygen atoms in total. The molecular weight excluding hydrogens is 190 g/mol. The second kappa shape index (κ2) is 6.56. The average molecular weight is 211 g/mol. The van der Waals surface area contributed by atoms with Crippen LogP contribution in [0, 0.1) is 0 Å². The van der Waals surface area contributed by atoms with E-state index in [0.29, 0.717) is 6.42 Å². The molecule has 0 saturated carbocycles. The summed E-state index contributed by atoms with van der Waals surface area (Å²) >= 11 is 0. The molecule has 0 radical (unpaired) electrons. The topological polar surface area (TPSA) is 66.5 Å². The SMILES string of the molecule is CC(C)O.CC(N)(O)Cc1ccccc1. The molecule has 0 aliphatic rings. The lowest BCUT2D eigenvalue weighted by molar-refractivity contribution is 0.0677. The van der Waals surface area contributed by atoms with Crippen LogP contribution in [0.3, 0.4) is 0 Å². The van der Waals surface area contributed by atoms with Crippen LogP contribution in [-0.2, 0) is 6.42 Å². The van der Waals surface area contributed by atoms with Crippen molar-refractivity contribution in [2.45, 2.75) is 39.0 Å². The number of aliphatic hydroxyl groups excluding tert-OH is 1. The van der Waals surface area contributed by atoms with Gasteiger partial charge >= 0.3 is 0 Å².